The second kappa shape index (κ2) is 10.0. The second-order valence-electron chi connectivity index (χ2n) is 6.96. The van der Waals surface area contributed by atoms with Gasteiger partial charge < -0.3 is 15.4 Å². The first kappa shape index (κ1) is 20.0. The zero-order valence-corrected chi connectivity index (χ0v) is 16.2. The summed E-state index contributed by atoms with van der Waals surface area (Å²) in [6.07, 6.45) is 0. The number of nitrogens with zero attached hydrogens (tertiary/aromatic N) is 1. The molecule has 1 aliphatic heterocycles. The van der Waals surface area contributed by atoms with Gasteiger partial charge >= 0.3 is 0 Å². The Hall–Kier alpha value is -2.70. The van der Waals surface area contributed by atoms with Gasteiger partial charge in [-0.25, -0.2) is 0 Å². The zero-order valence-electron chi connectivity index (χ0n) is 16.2. The van der Waals surface area contributed by atoms with Crippen molar-refractivity contribution in [2.75, 3.05) is 39.4 Å². The van der Waals surface area contributed by atoms with E-state index in [0.717, 1.165) is 38.4 Å². The maximum absolute atomic E-state index is 12.3. The van der Waals surface area contributed by atoms with E-state index in [9.17, 15) is 9.59 Å². The number of aryl methyl sites for hydroxylation is 1. The molecule has 6 nitrogen and oxygen atoms in total. The van der Waals surface area contributed by atoms with E-state index in [1.54, 1.807) is 24.3 Å². The first-order valence-corrected chi connectivity index (χ1v) is 9.64. The van der Waals surface area contributed by atoms with Gasteiger partial charge in [0.2, 0.25) is 0 Å². The van der Waals surface area contributed by atoms with Crippen molar-refractivity contribution in [3.05, 3.63) is 70.8 Å². The smallest absolute Gasteiger partial charge is 0.251 e. The SMILES string of the molecule is Cc1ccc(CNC(=O)c2ccc(C(=O)NCCN3CCOCC3)cc2)cc1. The van der Waals surface area contributed by atoms with Crippen LogP contribution in [0.5, 0.6) is 0 Å². The number of ether oxygens (including phenoxy) is 1. The molecule has 2 amide bonds. The van der Waals surface area contributed by atoms with Crippen molar-refractivity contribution in [2.24, 2.45) is 0 Å². The fraction of sp³-hybridized carbons (Fsp3) is 0.364. The molecule has 0 saturated carbocycles. The molecular formula is C22H27N3O3. The van der Waals surface area contributed by atoms with Gasteiger partial charge in [0.1, 0.15) is 0 Å². The van der Waals surface area contributed by atoms with Gasteiger partial charge in [-0.1, -0.05) is 29.8 Å². The molecule has 0 aliphatic carbocycles. The van der Waals surface area contributed by atoms with Crippen LogP contribution in [-0.4, -0.2) is 56.1 Å². The zero-order chi connectivity index (χ0) is 19.8. The Kier molecular flexibility index (Phi) is 7.17. The predicted octanol–water partition coefficient (Wildman–Crippen LogP) is 1.99. The van der Waals surface area contributed by atoms with Crippen LogP contribution in [0.1, 0.15) is 31.8 Å². The summed E-state index contributed by atoms with van der Waals surface area (Å²) in [5, 5.41) is 5.82. The number of benzene rings is 2. The van der Waals surface area contributed by atoms with E-state index in [1.165, 1.54) is 5.56 Å². The van der Waals surface area contributed by atoms with Crippen molar-refractivity contribution in [1.29, 1.82) is 0 Å². The number of hydrogen-bond acceptors (Lipinski definition) is 4. The highest BCUT2D eigenvalue weighted by Crippen LogP contribution is 2.07. The summed E-state index contributed by atoms with van der Waals surface area (Å²) in [5.74, 6) is -0.278. The Balaban J connectivity index is 1.44. The fourth-order valence-corrected chi connectivity index (χ4v) is 3.02. The van der Waals surface area contributed by atoms with Gasteiger partial charge in [-0.3, -0.25) is 14.5 Å². The van der Waals surface area contributed by atoms with Crippen molar-refractivity contribution >= 4 is 11.8 Å². The standard InChI is InChI=1S/C22H27N3O3/c1-17-2-4-18(5-3-17)16-24-22(27)20-8-6-19(7-9-20)21(26)23-10-11-25-12-14-28-15-13-25/h2-9H,10-16H2,1H3,(H,23,26)(H,24,27). The third kappa shape index (κ3) is 5.90. The van der Waals surface area contributed by atoms with Crippen molar-refractivity contribution in [1.82, 2.24) is 15.5 Å². The van der Waals surface area contributed by atoms with E-state index in [-0.39, 0.29) is 11.8 Å². The minimum atomic E-state index is -0.153. The van der Waals surface area contributed by atoms with Gasteiger partial charge in [0.15, 0.2) is 0 Å². The monoisotopic (exact) mass is 381 g/mol. The molecule has 2 N–H and O–H groups in total. The van der Waals surface area contributed by atoms with E-state index in [2.05, 4.69) is 15.5 Å². The summed E-state index contributed by atoms with van der Waals surface area (Å²) in [6, 6.07) is 14.8. The maximum atomic E-state index is 12.3. The summed E-state index contributed by atoms with van der Waals surface area (Å²) in [5.41, 5.74) is 3.33. The molecular weight excluding hydrogens is 354 g/mol. The van der Waals surface area contributed by atoms with Gasteiger partial charge in [-0.2, -0.15) is 0 Å². The quantitative estimate of drug-likeness (QED) is 0.770. The summed E-state index contributed by atoms with van der Waals surface area (Å²) >= 11 is 0. The van der Waals surface area contributed by atoms with Crippen LogP contribution in [0.2, 0.25) is 0 Å². The highest BCUT2D eigenvalue weighted by molar-refractivity contribution is 5.97. The lowest BCUT2D eigenvalue weighted by Gasteiger charge is -2.26. The fourth-order valence-electron chi connectivity index (χ4n) is 3.02. The molecule has 0 radical (unpaired) electrons. The van der Waals surface area contributed by atoms with E-state index in [4.69, 9.17) is 4.74 Å². The third-order valence-electron chi connectivity index (χ3n) is 4.80. The molecule has 148 valence electrons. The van der Waals surface area contributed by atoms with Gasteiger partial charge in [0, 0.05) is 43.9 Å². The first-order valence-electron chi connectivity index (χ1n) is 9.64. The van der Waals surface area contributed by atoms with E-state index >= 15 is 0 Å². The molecule has 6 heteroatoms. The highest BCUT2D eigenvalue weighted by Gasteiger charge is 2.12. The van der Waals surface area contributed by atoms with Crippen LogP contribution >= 0.6 is 0 Å². The normalized spacial score (nSPS) is 14.5. The molecule has 1 heterocycles. The number of nitrogens with one attached hydrogen (secondary N) is 2. The summed E-state index contributed by atoms with van der Waals surface area (Å²) < 4.78 is 5.31. The minimum absolute atomic E-state index is 0.125. The lowest BCUT2D eigenvalue weighted by atomic mass is 10.1. The lowest BCUT2D eigenvalue weighted by molar-refractivity contribution is 0.0383. The van der Waals surface area contributed by atoms with Gasteiger partial charge in [0.05, 0.1) is 13.2 Å². The van der Waals surface area contributed by atoms with Gasteiger partial charge in [-0.15, -0.1) is 0 Å². The number of hydrogen-bond donors (Lipinski definition) is 2. The van der Waals surface area contributed by atoms with Crippen LogP contribution < -0.4 is 10.6 Å². The molecule has 0 spiro atoms. The van der Waals surface area contributed by atoms with Crippen LogP contribution in [0.15, 0.2) is 48.5 Å². The summed E-state index contributed by atoms with van der Waals surface area (Å²) in [4.78, 5) is 26.8. The van der Waals surface area contributed by atoms with Crippen LogP contribution in [0.3, 0.4) is 0 Å². The number of carbonyl (C=O) groups excluding carboxylic acids is 2. The Morgan fingerprint density at radius 2 is 1.46 bits per heavy atom. The predicted molar refractivity (Wildman–Crippen MR) is 108 cm³/mol. The summed E-state index contributed by atoms with van der Waals surface area (Å²) in [7, 11) is 0. The molecule has 0 aromatic heterocycles. The van der Waals surface area contributed by atoms with Gasteiger partial charge in [0.25, 0.3) is 11.8 Å². The second-order valence-corrected chi connectivity index (χ2v) is 6.96. The number of morpholine rings is 1. The van der Waals surface area contributed by atoms with Crippen LogP contribution in [0.4, 0.5) is 0 Å². The molecule has 3 rings (SSSR count). The van der Waals surface area contributed by atoms with E-state index in [0.29, 0.717) is 24.2 Å². The van der Waals surface area contributed by atoms with Crippen molar-refractivity contribution in [3.8, 4) is 0 Å². The van der Waals surface area contributed by atoms with Crippen LogP contribution in [0.25, 0.3) is 0 Å². The molecule has 1 aliphatic rings. The molecule has 2 aromatic rings. The van der Waals surface area contributed by atoms with E-state index < -0.39 is 0 Å². The van der Waals surface area contributed by atoms with Crippen LogP contribution in [0, 0.1) is 6.92 Å². The number of rotatable bonds is 7. The van der Waals surface area contributed by atoms with Crippen molar-refractivity contribution in [2.45, 2.75) is 13.5 Å². The third-order valence-corrected chi connectivity index (χ3v) is 4.80. The topological polar surface area (TPSA) is 70.7 Å². The largest absolute Gasteiger partial charge is 0.379 e. The Morgan fingerprint density at radius 1 is 0.893 bits per heavy atom. The summed E-state index contributed by atoms with van der Waals surface area (Å²) in [6.45, 7) is 7.23. The highest BCUT2D eigenvalue weighted by atomic mass is 16.5. The minimum Gasteiger partial charge on any atom is -0.379 e. The van der Waals surface area contributed by atoms with E-state index in [1.807, 2.05) is 31.2 Å². The lowest BCUT2D eigenvalue weighted by Crippen LogP contribution is -2.41. The Morgan fingerprint density at radius 3 is 2.07 bits per heavy atom. The molecule has 0 unspecified atom stereocenters. The molecule has 28 heavy (non-hydrogen) atoms. The number of amides is 2. The molecule has 1 saturated heterocycles. The molecule has 1 fully saturated rings. The Labute approximate surface area is 165 Å². The molecule has 0 atom stereocenters. The van der Waals surface area contributed by atoms with Crippen molar-refractivity contribution in [3.63, 3.8) is 0 Å². The molecule has 0 bridgehead atoms. The number of carbonyl (C=O) groups is 2. The average molecular weight is 381 g/mol. The first-order chi connectivity index (χ1) is 13.6. The molecule has 2 aromatic carbocycles. The van der Waals surface area contributed by atoms with Gasteiger partial charge in [-0.05, 0) is 36.8 Å². The average Bonchev–Trinajstić information content (AvgIpc) is 2.74. The Bertz CT molecular complexity index is 782. The maximum Gasteiger partial charge on any atom is 0.251 e. The van der Waals surface area contributed by atoms with Crippen molar-refractivity contribution < 1.29 is 14.3 Å². The van der Waals surface area contributed by atoms with Crippen LogP contribution in [-0.2, 0) is 11.3 Å².